The van der Waals surface area contributed by atoms with Crippen LogP contribution in [0.2, 0.25) is 0 Å². The number of benzene rings is 1. The van der Waals surface area contributed by atoms with E-state index in [1.54, 1.807) is 0 Å². The van der Waals surface area contributed by atoms with Gasteiger partial charge in [-0.15, -0.1) is 0 Å². The summed E-state index contributed by atoms with van der Waals surface area (Å²) in [5.41, 5.74) is 0. The molecule has 0 saturated heterocycles. The Balaban J connectivity index is 2.74. The molecule has 0 saturated carbocycles. The minimum absolute atomic E-state index is 1.14. The monoisotopic (exact) mass is 202 g/mol. The average Bonchev–Trinajstić information content (AvgIpc) is 1.85. The van der Waals surface area contributed by atoms with Crippen molar-refractivity contribution < 1.29 is 0 Å². The molecule has 0 bridgehead atoms. The highest BCUT2D eigenvalue weighted by Crippen LogP contribution is 2.55. The van der Waals surface area contributed by atoms with Gasteiger partial charge in [-0.1, -0.05) is 41.4 Å². The second kappa shape index (κ2) is 3.75. The zero-order chi connectivity index (χ0) is 8.32. The normalized spacial score (nSPS) is 11.5. The molecule has 0 amide bonds. The SMILES string of the molecule is CP(C)(=S)Sc1ccccc1. The van der Waals surface area contributed by atoms with Crippen LogP contribution in [0.1, 0.15) is 0 Å². The Bertz CT molecular complexity index is 263. The largest absolute Gasteiger partial charge is 0.0888 e. The van der Waals surface area contributed by atoms with Crippen LogP contribution in [0, 0.1) is 0 Å². The molecule has 0 atom stereocenters. The molecule has 3 heteroatoms. The summed E-state index contributed by atoms with van der Waals surface area (Å²) >= 11 is 7.17. The van der Waals surface area contributed by atoms with E-state index in [9.17, 15) is 0 Å². The molecule has 0 aliphatic carbocycles. The summed E-state index contributed by atoms with van der Waals surface area (Å²) in [5, 5.41) is -1.14. The van der Waals surface area contributed by atoms with Gasteiger partial charge in [-0.3, -0.25) is 0 Å². The Kier molecular flexibility index (Phi) is 3.17. The highest BCUT2D eigenvalue weighted by molar-refractivity contribution is 8.70. The third kappa shape index (κ3) is 3.95. The maximum atomic E-state index is 5.34. The van der Waals surface area contributed by atoms with Crippen LogP contribution >= 0.6 is 16.6 Å². The van der Waals surface area contributed by atoms with E-state index in [4.69, 9.17) is 11.8 Å². The van der Waals surface area contributed by atoms with Crippen molar-refractivity contribution in [2.75, 3.05) is 13.3 Å². The molecule has 0 nitrogen and oxygen atoms in total. The topological polar surface area (TPSA) is 0 Å². The van der Waals surface area contributed by atoms with E-state index in [1.807, 2.05) is 29.6 Å². The Hall–Kier alpha value is 0.220. The fourth-order valence-electron chi connectivity index (χ4n) is 0.735. The molecule has 0 aliphatic heterocycles. The smallest absolute Gasteiger partial charge is 0.0123 e. The summed E-state index contributed by atoms with van der Waals surface area (Å²) in [7, 11) is 0. The van der Waals surface area contributed by atoms with Crippen molar-refractivity contribution in [2.24, 2.45) is 0 Å². The molecule has 11 heavy (non-hydrogen) atoms. The van der Waals surface area contributed by atoms with E-state index in [-0.39, 0.29) is 0 Å². The van der Waals surface area contributed by atoms with Gasteiger partial charge in [0.25, 0.3) is 0 Å². The van der Waals surface area contributed by atoms with Gasteiger partial charge in [0.15, 0.2) is 0 Å². The van der Waals surface area contributed by atoms with Crippen molar-refractivity contribution in [3.63, 3.8) is 0 Å². The predicted molar refractivity (Wildman–Crippen MR) is 58.4 cm³/mol. The highest BCUT2D eigenvalue weighted by atomic mass is 32.9. The van der Waals surface area contributed by atoms with Crippen molar-refractivity contribution in [1.29, 1.82) is 0 Å². The van der Waals surface area contributed by atoms with Gasteiger partial charge >= 0.3 is 0 Å². The second-order valence-electron chi connectivity index (χ2n) is 2.66. The van der Waals surface area contributed by atoms with E-state index in [2.05, 4.69) is 25.5 Å². The van der Waals surface area contributed by atoms with Crippen LogP contribution < -0.4 is 0 Å². The number of rotatable bonds is 2. The van der Waals surface area contributed by atoms with Gasteiger partial charge in [-0.05, 0) is 25.5 Å². The maximum Gasteiger partial charge on any atom is 0.0123 e. The molecule has 1 aromatic rings. The fraction of sp³-hybridized carbons (Fsp3) is 0.250. The Morgan fingerprint density at radius 2 is 1.73 bits per heavy atom. The van der Waals surface area contributed by atoms with Crippen molar-refractivity contribution >= 4 is 28.4 Å². The quantitative estimate of drug-likeness (QED) is 0.674. The van der Waals surface area contributed by atoms with Crippen LogP contribution in [-0.2, 0) is 11.8 Å². The van der Waals surface area contributed by atoms with Gasteiger partial charge in [0.05, 0.1) is 0 Å². The van der Waals surface area contributed by atoms with Crippen LogP contribution in [0.15, 0.2) is 35.2 Å². The highest BCUT2D eigenvalue weighted by Gasteiger charge is 2.02. The molecule has 0 aliphatic rings. The lowest BCUT2D eigenvalue weighted by Crippen LogP contribution is -1.69. The minimum atomic E-state index is -1.14. The standard InChI is InChI=1S/C8H11PS2/c1-9(2,10)11-8-6-4-3-5-7-8/h3-7H,1-2H3. The molecular weight excluding hydrogens is 191 g/mol. The molecule has 0 fully saturated rings. The van der Waals surface area contributed by atoms with Crippen LogP contribution in [0.25, 0.3) is 0 Å². The molecule has 0 heterocycles. The molecule has 0 radical (unpaired) electrons. The molecule has 0 aromatic heterocycles. The minimum Gasteiger partial charge on any atom is -0.0888 e. The first-order valence-corrected chi connectivity index (χ1v) is 8.49. The van der Waals surface area contributed by atoms with Gasteiger partial charge in [0.1, 0.15) is 0 Å². The fourth-order valence-corrected chi connectivity index (χ4v) is 4.18. The van der Waals surface area contributed by atoms with Crippen molar-refractivity contribution in [3.05, 3.63) is 30.3 Å². The average molecular weight is 202 g/mol. The molecular formula is C8H11PS2. The van der Waals surface area contributed by atoms with Crippen LogP contribution in [0.4, 0.5) is 0 Å². The molecule has 1 rings (SSSR count). The third-order valence-electron chi connectivity index (χ3n) is 1.07. The first-order chi connectivity index (χ1) is 5.08. The predicted octanol–water partition coefficient (Wildman–Crippen LogP) is 3.43. The lowest BCUT2D eigenvalue weighted by atomic mass is 10.4. The van der Waals surface area contributed by atoms with Crippen molar-refractivity contribution in [1.82, 2.24) is 0 Å². The van der Waals surface area contributed by atoms with E-state index in [1.165, 1.54) is 4.90 Å². The van der Waals surface area contributed by atoms with Crippen molar-refractivity contribution in [2.45, 2.75) is 4.90 Å². The van der Waals surface area contributed by atoms with E-state index in [0.717, 1.165) is 0 Å². The molecule has 0 N–H and O–H groups in total. The van der Waals surface area contributed by atoms with Crippen LogP contribution in [0.3, 0.4) is 0 Å². The van der Waals surface area contributed by atoms with E-state index >= 15 is 0 Å². The van der Waals surface area contributed by atoms with Gasteiger partial charge in [-0.25, -0.2) is 0 Å². The zero-order valence-electron chi connectivity index (χ0n) is 6.65. The van der Waals surface area contributed by atoms with Crippen LogP contribution in [0.5, 0.6) is 0 Å². The first-order valence-electron chi connectivity index (χ1n) is 3.37. The summed E-state index contributed by atoms with van der Waals surface area (Å²) in [4.78, 5) is 1.29. The number of hydrogen-bond donors (Lipinski definition) is 0. The van der Waals surface area contributed by atoms with Gasteiger partial charge in [-0.2, -0.15) is 0 Å². The third-order valence-corrected chi connectivity index (χ3v) is 4.61. The molecule has 60 valence electrons. The van der Waals surface area contributed by atoms with Crippen molar-refractivity contribution in [3.8, 4) is 0 Å². The van der Waals surface area contributed by atoms with Crippen LogP contribution in [-0.4, -0.2) is 13.3 Å². The summed E-state index contributed by atoms with van der Waals surface area (Å²) in [6.07, 6.45) is 0. The zero-order valence-corrected chi connectivity index (χ0v) is 9.18. The van der Waals surface area contributed by atoms with E-state index in [0.29, 0.717) is 0 Å². The maximum absolute atomic E-state index is 5.34. The Labute approximate surface area is 77.2 Å². The molecule has 0 spiro atoms. The molecule has 1 aromatic carbocycles. The van der Waals surface area contributed by atoms with Gasteiger partial charge < -0.3 is 0 Å². The Morgan fingerprint density at radius 1 is 1.18 bits per heavy atom. The summed E-state index contributed by atoms with van der Waals surface area (Å²) in [6.45, 7) is 4.31. The number of hydrogen-bond acceptors (Lipinski definition) is 2. The summed E-state index contributed by atoms with van der Waals surface area (Å²) in [5.74, 6) is 0. The van der Waals surface area contributed by atoms with Gasteiger partial charge in [0, 0.05) is 10.1 Å². The lowest BCUT2D eigenvalue weighted by molar-refractivity contribution is 1.48. The lowest BCUT2D eigenvalue weighted by Gasteiger charge is -2.08. The van der Waals surface area contributed by atoms with Gasteiger partial charge in [0.2, 0.25) is 0 Å². The molecule has 0 unspecified atom stereocenters. The first kappa shape index (κ1) is 9.31. The van der Waals surface area contributed by atoms with E-state index < -0.39 is 5.24 Å². The Morgan fingerprint density at radius 3 is 2.18 bits per heavy atom. The summed E-state index contributed by atoms with van der Waals surface area (Å²) in [6, 6.07) is 10.3. The second-order valence-corrected chi connectivity index (χ2v) is 12.5. The summed E-state index contributed by atoms with van der Waals surface area (Å²) < 4.78 is 0.